The highest BCUT2D eigenvalue weighted by atomic mass is 127. The summed E-state index contributed by atoms with van der Waals surface area (Å²) in [6.07, 6.45) is 1.26. The molecule has 1 heterocycles. The Morgan fingerprint density at radius 3 is 2.59 bits per heavy atom. The summed E-state index contributed by atoms with van der Waals surface area (Å²) in [5.74, 6) is 0.284. The number of nitrogens with one attached hydrogen (secondary N) is 1. The molecule has 7 heteroatoms. The number of nitrogens with zero attached hydrogens (tertiary/aromatic N) is 1. The molecule has 3 rings (SSSR count). The van der Waals surface area contributed by atoms with Gasteiger partial charge in [0.1, 0.15) is 5.75 Å². The van der Waals surface area contributed by atoms with Crippen molar-refractivity contribution in [1.29, 1.82) is 0 Å². The van der Waals surface area contributed by atoms with Crippen molar-refractivity contribution in [2.75, 3.05) is 25.5 Å². The van der Waals surface area contributed by atoms with E-state index < -0.39 is 0 Å². The maximum absolute atomic E-state index is 12.8. The lowest BCUT2D eigenvalue weighted by molar-refractivity contribution is -0.121. The topological polar surface area (TPSA) is 58.6 Å². The van der Waals surface area contributed by atoms with Crippen LogP contribution >= 0.6 is 34.2 Å². The van der Waals surface area contributed by atoms with E-state index in [0.29, 0.717) is 42.3 Å². The molecule has 0 aromatic heterocycles. The van der Waals surface area contributed by atoms with Gasteiger partial charge < -0.3 is 15.0 Å². The predicted octanol–water partition coefficient (Wildman–Crippen LogP) is 4.44. The van der Waals surface area contributed by atoms with E-state index in [4.69, 9.17) is 16.3 Å². The van der Waals surface area contributed by atoms with E-state index in [1.54, 1.807) is 23.1 Å². The van der Waals surface area contributed by atoms with E-state index in [1.165, 1.54) is 7.11 Å². The summed E-state index contributed by atoms with van der Waals surface area (Å²) in [7, 11) is 1.53. The van der Waals surface area contributed by atoms with Crippen LogP contribution in [0, 0.1) is 9.49 Å². The van der Waals surface area contributed by atoms with Crippen LogP contribution in [0.1, 0.15) is 23.2 Å². The summed E-state index contributed by atoms with van der Waals surface area (Å²) in [6.45, 7) is 1.05. The summed E-state index contributed by atoms with van der Waals surface area (Å²) < 4.78 is 6.35. The molecule has 5 nitrogen and oxygen atoms in total. The first-order chi connectivity index (χ1) is 13.0. The molecule has 1 saturated heterocycles. The number of halogens is 2. The fraction of sp³-hybridized carbons (Fsp3) is 0.300. The number of likely N-dealkylation sites (tertiary alicyclic amines) is 1. The molecule has 0 radical (unpaired) electrons. The van der Waals surface area contributed by atoms with Gasteiger partial charge >= 0.3 is 0 Å². The number of ether oxygens (including phenoxy) is 1. The van der Waals surface area contributed by atoms with E-state index in [2.05, 4.69) is 27.9 Å². The average Bonchev–Trinajstić information content (AvgIpc) is 2.67. The van der Waals surface area contributed by atoms with Gasteiger partial charge in [-0.2, -0.15) is 0 Å². The van der Waals surface area contributed by atoms with Crippen LogP contribution in [0.4, 0.5) is 5.69 Å². The zero-order valence-corrected chi connectivity index (χ0v) is 17.8. The lowest BCUT2D eigenvalue weighted by atomic mass is 9.95. The van der Waals surface area contributed by atoms with Crippen LogP contribution in [0.3, 0.4) is 0 Å². The van der Waals surface area contributed by atoms with Crippen molar-refractivity contribution in [1.82, 2.24) is 4.90 Å². The molecule has 0 bridgehead atoms. The van der Waals surface area contributed by atoms with E-state index in [-0.39, 0.29) is 17.7 Å². The number of carbonyl (C=O) groups is 2. The molecule has 2 aromatic rings. The smallest absolute Gasteiger partial charge is 0.257 e. The molecule has 1 aliphatic rings. The number of methoxy groups -OCH3 is 1. The predicted molar refractivity (Wildman–Crippen MR) is 114 cm³/mol. The molecule has 142 valence electrons. The van der Waals surface area contributed by atoms with Gasteiger partial charge in [-0.25, -0.2) is 0 Å². The van der Waals surface area contributed by atoms with Gasteiger partial charge in [0.15, 0.2) is 0 Å². The van der Waals surface area contributed by atoms with Crippen molar-refractivity contribution >= 4 is 51.7 Å². The number of hydrogen-bond acceptors (Lipinski definition) is 3. The van der Waals surface area contributed by atoms with Crippen molar-refractivity contribution in [2.24, 2.45) is 5.92 Å². The van der Waals surface area contributed by atoms with Gasteiger partial charge in [-0.15, -0.1) is 0 Å². The minimum Gasteiger partial charge on any atom is -0.496 e. The Labute approximate surface area is 177 Å². The summed E-state index contributed by atoms with van der Waals surface area (Å²) >= 11 is 8.24. The maximum atomic E-state index is 12.8. The largest absolute Gasteiger partial charge is 0.496 e. The number of hydrogen-bond donors (Lipinski definition) is 1. The van der Waals surface area contributed by atoms with E-state index in [1.807, 2.05) is 24.3 Å². The van der Waals surface area contributed by atoms with Gasteiger partial charge in [-0.05, 0) is 71.8 Å². The Hall–Kier alpha value is -1.80. The Morgan fingerprint density at radius 2 is 1.93 bits per heavy atom. The van der Waals surface area contributed by atoms with Crippen LogP contribution in [0.15, 0.2) is 42.5 Å². The molecule has 1 aliphatic heterocycles. The SMILES string of the molecule is COc1ccc(Cl)cc1C(=O)N1CCC(C(=O)Nc2cccc(I)c2)CC1. The summed E-state index contributed by atoms with van der Waals surface area (Å²) in [5, 5.41) is 3.46. The highest BCUT2D eigenvalue weighted by Crippen LogP contribution is 2.27. The molecule has 0 saturated carbocycles. The highest BCUT2D eigenvalue weighted by molar-refractivity contribution is 14.1. The molecular weight excluding hydrogens is 479 g/mol. The lowest BCUT2D eigenvalue weighted by Gasteiger charge is -2.31. The quantitative estimate of drug-likeness (QED) is 0.634. The first-order valence-corrected chi connectivity index (χ1v) is 10.1. The van der Waals surface area contributed by atoms with Crippen molar-refractivity contribution in [3.05, 3.63) is 56.6 Å². The summed E-state index contributed by atoms with van der Waals surface area (Å²) in [4.78, 5) is 27.1. The number of piperidine rings is 1. The monoisotopic (exact) mass is 498 g/mol. The number of rotatable bonds is 4. The molecule has 27 heavy (non-hydrogen) atoms. The molecule has 0 unspecified atom stereocenters. The number of benzene rings is 2. The fourth-order valence-corrected chi connectivity index (χ4v) is 3.89. The van der Waals surface area contributed by atoms with Crippen LogP contribution in [0.2, 0.25) is 5.02 Å². The van der Waals surface area contributed by atoms with Gasteiger partial charge in [0.25, 0.3) is 5.91 Å². The highest BCUT2D eigenvalue weighted by Gasteiger charge is 2.29. The Balaban J connectivity index is 1.61. The molecule has 0 atom stereocenters. The van der Waals surface area contributed by atoms with E-state index in [0.717, 1.165) is 9.26 Å². The van der Waals surface area contributed by atoms with Crippen LogP contribution in [-0.2, 0) is 4.79 Å². The Morgan fingerprint density at radius 1 is 1.19 bits per heavy atom. The second-order valence-corrected chi connectivity index (χ2v) is 8.09. The third-order valence-corrected chi connectivity index (χ3v) is 5.54. The number of anilines is 1. The lowest BCUT2D eigenvalue weighted by Crippen LogP contribution is -2.41. The van der Waals surface area contributed by atoms with Gasteiger partial charge in [0.05, 0.1) is 12.7 Å². The van der Waals surface area contributed by atoms with Crippen molar-refractivity contribution in [3.8, 4) is 5.75 Å². The summed E-state index contributed by atoms with van der Waals surface area (Å²) in [5.41, 5.74) is 1.25. The van der Waals surface area contributed by atoms with Crippen LogP contribution in [0.25, 0.3) is 0 Å². The average molecular weight is 499 g/mol. The van der Waals surface area contributed by atoms with E-state index >= 15 is 0 Å². The third-order valence-electron chi connectivity index (χ3n) is 4.64. The minimum absolute atomic E-state index is 0.00411. The normalized spacial score (nSPS) is 14.7. The summed E-state index contributed by atoms with van der Waals surface area (Å²) in [6, 6.07) is 12.7. The zero-order chi connectivity index (χ0) is 19.4. The molecule has 2 aromatic carbocycles. The molecule has 1 N–H and O–H groups in total. The zero-order valence-electron chi connectivity index (χ0n) is 14.9. The third kappa shape index (κ3) is 4.93. The molecule has 0 spiro atoms. The van der Waals surface area contributed by atoms with Gasteiger partial charge in [0, 0.05) is 33.3 Å². The first kappa shape index (κ1) is 19.9. The van der Waals surface area contributed by atoms with Crippen molar-refractivity contribution in [3.63, 3.8) is 0 Å². The molecule has 0 aliphatic carbocycles. The van der Waals surface area contributed by atoms with Crippen LogP contribution in [-0.4, -0.2) is 36.9 Å². The Bertz CT molecular complexity index is 851. The number of carbonyl (C=O) groups excluding carboxylic acids is 2. The van der Waals surface area contributed by atoms with Gasteiger partial charge in [-0.1, -0.05) is 17.7 Å². The minimum atomic E-state index is -0.120. The van der Waals surface area contributed by atoms with Crippen LogP contribution in [0.5, 0.6) is 5.75 Å². The molecular formula is C20H20ClIN2O3. The Kier molecular flexibility index (Phi) is 6.59. The second-order valence-electron chi connectivity index (χ2n) is 6.41. The standard InChI is InChI=1S/C20H20ClIN2O3/c1-27-18-6-5-14(21)11-17(18)20(26)24-9-7-13(8-10-24)19(25)23-16-4-2-3-15(22)12-16/h2-6,11-13H,7-10H2,1H3,(H,23,25). The van der Waals surface area contributed by atoms with Gasteiger partial charge in [0.2, 0.25) is 5.91 Å². The van der Waals surface area contributed by atoms with Crippen LogP contribution < -0.4 is 10.1 Å². The second kappa shape index (κ2) is 8.93. The number of amides is 2. The van der Waals surface area contributed by atoms with Gasteiger partial charge in [-0.3, -0.25) is 9.59 Å². The molecule has 1 fully saturated rings. The van der Waals surface area contributed by atoms with Crippen molar-refractivity contribution < 1.29 is 14.3 Å². The van der Waals surface area contributed by atoms with E-state index in [9.17, 15) is 9.59 Å². The first-order valence-electron chi connectivity index (χ1n) is 8.67. The van der Waals surface area contributed by atoms with Crippen molar-refractivity contribution in [2.45, 2.75) is 12.8 Å². The fourth-order valence-electron chi connectivity index (χ4n) is 3.17. The molecule has 2 amide bonds. The maximum Gasteiger partial charge on any atom is 0.257 e.